The van der Waals surface area contributed by atoms with Crippen LogP contribution in [0.15, 0.2) is 60.7 Å². The van der Waals surface area contributed by atoms with E-state index in [9.17, 15) is 14.0 Å². The average Bonchev–Trinajstić information content (AvgIpc) is 3.17. The van der Waals surface area contributed by atoms with Crippen molar-refractivity contribution in [2.24, 2.45) is 0 Å². The lowest BCUT2D eigenvalue weighted by molar-refractivity contribution is 0.0656. The standard InChI is InChI=1S/C29H30FN3O4/c1-36-25-11-4-7-21(27(25)37-2)19-31-14-16-32(17-15-31)24-10-5-9-23-26(24)29(35)33(28(23)34)13-12-20-6-3-8-22(30)18-20/h3-11,18H,12-17,19H2,1-2H3. The number of amides is 2. The second kappa shape index (κ2) is 10.6. The van der Waals surface area contributed by atoms with Crippen LogP contribution in [-0.4, -0.2) is 68.6 Å². The first-order chi connectivity index (χ1) is 18.0. The SMILES string of the molecule is COc1cccc(CN2CCN(c3cccc4c3C(=O)N(CCc3cccc(F)c3)C4=O)CC2)c1OC. The molecule has 2 aliphatic rings. The fourth-order valence-corrected chi connectivity index (χ4v) is 5.18. The first-order valence-corrected chi connectivity index (χ1v) is 12.4. The maximum atomic E-state index is 13.5. The third kappa shape index (κ3) is 4.89. The minimum atomic E-state index is -0.328. The Bertz CT molecular complexity index is 1320. The summed E-state index contributed by atoms with van der Waals surface area (Å²) in [5.41, 5.74) is 3.51. The molecule has 0 N–H and O–H groups in total. The molecule has 0 spiro atoms. The predicted octanol–water partition coefficient (Wildman–Crippen LogP) is 4.00. The summed E-state index contributed by atoms with van der Waals surface area (Å²) >= 11 is 0. The fourth-order valence-electron chi connectivity index (χ4n) is 5.18. The molecule has 3 aromatic carbocycles. The lowest BCUT2D eigenvalue weighted by Gasteiger charge is -2.37. The first-order valence-electron chi connectivity index (χ1n) is 12.4. The number of benzene rings is 3. The molecule has 0 bridgehead atoms. The lowest BCUT2D eigenvalue weighted by atomic mass is 10.1. The highest BCUT2D eigenvalue weighted by molar-refractivity contribution is 6.23. The Labute approximate surface area is 216 Å². The monoisotopic (exact) mass is 503 g/mol. The van der Waals surface area contributed by atoms with E-state index in [0.29, 0.717) is 23.3 Å². The van der Waals surface area contributed by atoms with Crippen molar-refractivity contribution < 1.29 is 23.5 Å². The van der Waals surface area contributed by atoms with Crippen LogP contribution in [0.25, 0.3) is 0 Å². The minimum absolute atomic E-state index is 0.214. The van der Waals surface area contributed by atoms with Crippen LogP contribution < -0.4 is 14.4 Å². The molecule has 0 aromatic heterocycles. The van der Waals surface area contributed by atoms with Gasteiger partial charge in [0.2, 0.25) is 0 Å². The average molecular weight is 504 g/mol. The number of carbonyl (C=O) groups is 2. The van der Waals surface area contributed by atoms with E-state index in [1.165, 1.54) is 17.0 Å². The van der Waals surface area contributed by atoms with Crippen LogP contribution in [0.2, 0.25) is 0 Å². The van der Waals surface area contributed by atoms with Crippen LogP contribution in [-0.2, 0) is 13.0 Å². The molecule has 0 radical (unpaired) electrons. The number of ether oxygens (including phenoxy) is 2. The van der Waals surface area contributed by atoms with Crippen molar-refractivity contribution in [3.05, 3.63) is 88.7 Å². The molecule has 0 unspecified atom stereocenters. The normalized spacial score (nSPS) is 15.8. The van der Waals surface area contributed by atoms with Gasteiger partial charge >= 0.3 is 0 Å². The third-order valence-corrected chi connectivity index (χ3v) is 7.08. The van der Waals surface area contributed by atoms with Gasteiger partial charge in [0, 0.05) is 44.8 Å². The van der Waals surface area contributed by atoms with E-state index in [2.05, 4.69) is 9.80 Å². The van der Waals surface area contributed by atoms with Crippen LogP contribution in [0.4, 0.5) is 10.1 Å². The number of halogens is 1. The van der Waals surface area contributed by atoms with Gasteiger partial charge in [-0.05, 0) is 42.3 Å². The molecule has 1 saturated heterocycles. The van der Waals surface area contributed by atoms with E-state index in [-0.39, 0.29) is 24.2 Å². The van der Waals surface area contributed by atoms with Crippen molar-refractivity contribution in [3.8, 4) is 11.5 Å². The summed E-state index contributed by atoms with van der Waals surface area (Å²) in [5, 5.41) is 0. The quantitative estimate of drug-likeness (QED) is 0.433. The molecule has 5 rings (SSSR count). The number of methoxy groups -OCH3 is 2. The van der Waals surface area contributed by atoms with Gasteiger partial charge in [0.05, 0.1) is 31.0 Å². The van der Waals surface area contributed by atoms with E-state index in [4.69, 9.17) is 9.47 Å². The number of piperazine rings is 1. The zero-order valence-electron chi connectivity index (χ0n) is 21.1. The van der Waals surface area contributed by atoms with Crippen molar-refractivity contribution in [3.63, 3.8) is 0 Å². The highest BCUT2D eigenvalue weighted by Crippen LogP contribution is 2.34. The van der Waals surface area contributed by atoms with Gasteiger partial charge in [-0.15, -0.1) is 0 Å². The van der Waals surface area contributed by atoms with Crippen molar-refractivity contribution in [2.75, 3.05) is 51.8 Å². The summed E-state index contributed by atoms with van der Waals surface area (Å²) in [7, 11) is 3.28. The van der Waals surface area contributed by atoms with Crippen LogP contribution in [0.3, 0.4) is 0 Å². The number of para-hydroxylation sites is 1. The van der Waals surface area contributed by atoms with Crippen LogP contribution in [0, 0.1) is 5.82 Å². The number of hydrogen-bond acceptors (Lipinski definition) is 6. The Morgan fingerprint density at radius 1 is 0.865 bits per heavy atom. The summed E-state index contributed by atoms with van der Waals surface area (Å²) < 4.78 is 24.6. The van der Waals surface area contributed by atoms with E-state index >= 15 is 0 Å². The molecule has 7 nitrogen and oxygen atoms in total. The number of anilines is 1. The molecule has 0 atom stereocenters. The maximum Gasteiger partial charge on any atom is 0.263 e. The zero-order valence-corrected chi connectivity index (χ0v) is 21.1. The van der Waals surface area contributed by atoms with Crippen LogP contribution >= 0.6 is 0 Å². The molecule has 1 fully saturated rings. The largest absolute Gasteiger partial charge is 0.493 e. The third-order valence-electron chi connectivity index (χ3n) is 7.08. The van der Waals surface area contributed by atoms with Crippen molar-refractivity contribution in [1.82, 2.24) is 9.80 Å². The van der Waals surface area contributed by atoms with Crippen molar-refractivity contribution >= 4 is 17.5 Å². The van der Waals surface area contributed by atoms with Gasteiger partial charge in [-0.25, -0.2) is 4.39 Å². The molecule has 3 aromatic rings. The zero-order chi connectivity index (χ0) is 25.9. The number of fused-ring (bicyclic) bond motifs is 1. The topological polar surface area (TPSA) is 62.3 Å². The number of nitrogens with zero attached hydrogens (tertiary/aromatic N) is 3. The summed E-state index contributed by atoms with van der Waals surface area (Å²) in [6, 6.07) is 17.6. The Morgan fingerprint density at radius 2 is 1.62 bits per heavy atom. The van der Waals surface area contributed by atoms with E-state index in [0.717, 1.165) is 55.3 Å². The van der Waals surface area contributed by atoms with Gasteiger partial charge in [0.1, 0.15) is 5.82 Å². The number of imide groups is 1. The molecular formula is C29H30FN3O4. The molecule has 2 aliphatic heterocycles. The van der Waals surface area contributed by atoms with E-state index < -0.39 is 0 Å². The molecule has 0 aliphatic carbocycles. The minimum Gasteiger partial charge on any atom is -0.493 e. The van der Waals surface area contributed by atoms with Gasteiger partial charge < -0.3 is 14.4 Å². The molecule has 0 saturated carbocycles. The Morgan fingerprint density at radius 3 is 2.35 bits per heavy atom. The van der Waals surface area contributed by atoms with Crippen molar-refractivity contribution in [2.45, 2.75) is 13.0 Å². The molecule has 8 heteroatoms. The second-order valence-electron chi connectivity index (χ2n) is 9.26. The highest BCUT2D eigenvalue weighted by atomic mass is 19.1. The summed E-state index contributed by atoms with van der Waals surface area (Å²) in [6.07, 6.45) is 0.408. The van der Waals surface area contributed by atoms with Crippen LogP contribution in [0.5, 0.6) is 11.5 Å². The summed E-state index contributed by atoms with van der Waals surface area (Å²) in [4.78, 5) is 32.2. The maximum absolute atomic E-state index is 13.5. The molecular weight excluding hydrogens is 473 g/mol. The first kappa shape index (κ1) is 24.8. The second-order valence-corrected chi connectivity index (χ2v) is 9.26. The predicted molar refractivity (Wildman–Crippen MR) is 139 cm³/mol. The van der Waals surface area contributed by atoms with Gasteiger partial charge in [0.25, 0.3) is 11.8 Å². The summed E-state index contributed by atoms with van der Waals surface area (Å²) in [5.74, 6) is 0.558. The van der Waals surface area contributed by atoms with Crippen LogP contribution in [0.1, 0.15) is 31.8 Å². The number of rotatable bonds is 8. The van der Waals surface area contributed by atoms with Gasteiger partial charge in [0.15, 0.2) is 11.5 Å². The number of hydrogen-bond donors (Lipinski definition) is 0. The Hall–Kier alpha value is -3.91. The van der Waals surface area contributed by atoms with Gasteiger partial charge in [-0.1, -0.05) is 30.3 Å². The highest BCUT2D eigenvalue weighted by Gasteiger charge is 2.38. The Kier molecular flexibility index (Phi) is 7.10. The smallest absolute Gasteiger partial charge is 0.263 e. The molecule has 192 valence electrons. The molecule has 2 amide bonds. The van der Waals surface area contributed by atoms with Gasteiger partial charge in [-0.2, -0.15) is 0 Å². The molecule has 37 heavy (non-hydrogen) atoms. The molecule has 2 heterocycles. The summed E-state index contributed by atoms with van der Waals surface area (Å²) in [6.45, 7) is 4.00. The number of carbonyl (C=O) groups excluding carboxylic acids is 2. The van der Waals surface area contributed by atoms with E-state index in [1.807, 2.05) is 30.3 Å². The Balaban J connectivity index is 1.27. The fraction of sp³-hybridized carbons (Fsp3) is 0.310. The van der Waals surface area contributed by atoms with Gasteiger partial charge in [-0.3, -0.25) is 19.4 Å². The van der Waals surface area contributed by atoms with E-state index in [1.54, 1.807) is 32.4 Å². The van der Waals surface area contributed by atoms with Crippen molar-refractivity contribution in [1.29, 1.82) is 0 Å². The lowest BCUT2D eigenvalue weighted by Crippen LogP contribution is -2.46.